The van der Waals surface area contributed by atoms with Crippen molar-refractivity contribution in [2.75, 3.05) is 0 Å². The minimum absolute atomic E-state index is 0.624. The van der Waals surface area contributed by atoms with Gasteiger partial charge in [0.05, 0.1) is 0 Å². The molecule has 164 valence electrons. The normalized spacial score (nSPS) is 17.5. The lowest BCUT2D eigenvalue weighted by molar-refractivity contribution is 0.546. The fourth-order valence-electron chi connectivity index (χ4n) is 4.16. The van der Waals surface area contributed by atoms with Gasteiger partial charge in [-0.2, -0.15) is 0 Å². The summed E-state index contributed by atoms with van der Waals surface area (Å²) < 4.78 is 0. The topological polar surface area (TPSA) is 0 Å². The molecule has 0 aliphatic heterocycles. The lowest BCUT2D eigenvalue weighted by Gasteiger charge is -2.22. The predicted octanol–water partition coefficient (Wildman–Crippen LogP) is 9.46. The molecule has 1 fully saturated rings. The van der Waals surface area contributed by atoms with Gasteiger partial charge in [-0.05, 0) is 92.5 Å². The molecule has 2 atom stereocenters. The molecule has 30 heavy (non-hydrogen) atoms. The van der Waals surface area contributed by atoms with Crippen LogP contribution in [0.5, 0.6) is 0 Å². The Morgan fingerprint density at radius 2 is 1.60 bits per heavy atom. The van der Waals surface area contributed by atoms with E-state index in [1.54, 1.807) is 11.6 Å². The van der Waals surface area contributed by atoms with Gasteiger partial charge in [-0.25, -0.2) is 0 Å². The first-order valence-electron chi connectivity index (χ1n) is 11.6. The molecule has 1 saturated carbocycles. The van der Waals surface area contributed by atoms with E-state index in [-0.39, 0.29) is 0 Å². The zero-order valence-electron chi connectivity index (χ0n) is 20.6. The summed E-state index contributed by atoms with van der Waals surface area (Å²) in [5.74, 6) is 2.06. The lowest BCUT2D eigenvalue weighted by Crippen LogP contribution is -2.08. The summed E-state index contributed by atoms with van der Waals surface area (Å²) in [7, 11) is 0. The van der Waals surface area contributed by atoms with Crippen molar-refractivity contribution in [2.45, 2.75) is 86.0 Å². The summed E-state index contributed by atoms with van der Waals surface area (Å²) in [5.41, 5.74) is 8.65. The van der Waals surface area contributed by atoms with Crippen LogP contribution in [0.15, 0.2) is 67.3 Å². The van der Waals surface area contributed by atoms with Gasteiger partial charge in [0, 0.05) is 0 Å². The standard InChI is InChI=1S/C18H26.C9H12.C3H6/c1-5-14(4)17-10-7-11-18(17)16-9-6-8-15(12-16)13(2)3;1-7-5-4-6-8(2)9(7)3;1-3-2/h6,8-9,12-13,17-18H,4-5,7,10-11H2,1-3H3;4-6H,1-3H3;3H,1H2,2H3. The van der Waals surface area contributed by atoms with Crippen molar-refractivity contribution < 1.29 is 0 Å². The Hall–Kier alpha value is -2.08. The van der Waals surface area contributed by atoms with Gasteiger partial charge in [-0.15, -0.1) is 6.58 Å². The largest absolute Gasteiger partial charge is 0.103 e. The fraction of sp³-hybridized carbons (Fsp3) is 0.467. The van der Waals surface area contributed by atoms with Crippen LogP contribution in [-0.2, 0) is 0 Å². The molecule has 0 aromatic heterocycles. The molecule has 0 N–H and O–H groups in total. The quantitative estimate of drug-likeness (QED) is 0.445. The van der Waals surface area contributed by atoms with E-state index in [9.17, 15) is 0 Å². The number of hydrogen-bond acceptors (Lipinski definition) is 0. The molecule has 3 rings (SSSR count). The minimum atomic E-state index is 0.624. The van der Waals surface area contributed by atoms with E-state index in [4.69, 9.17) is 0 Å². The Morgan fingerprint density at radius 3 is 2.10 bits per heavy atom. The predicted molar refractivity (Wildman–Crippen MR) is 137 cm³/mol. The molecular weight excluding hydrogens is 360 g/mol. The first-order chi connectivity index (χ1) is 14.3. The Labute approximate surface area is 187 Å². The van der Waals surface area contributed by atoms with Gasteiger partial charge in [0.15, 0.2) is 0 Å². The molecular formula is C30H44. The molecule has 0 heteroatoms. The number of allylic oxidation sites excluding steroid dienone is 2. The van der Waals surface area contributed by atoms with Crippen LogP contribution in [0.25, 0.3) is 0 Å². The maximum Gasteiger partial charge on any atom is -0.00963 e. The molecule has 2 unspecified atom stereocenters. The molecule has 1 aliphatic carbocycles. The molecule has 1 aliphatic rings. The molecule has 0 amide bonds. The van der Waals surface area contributed by atoms with E-state index in [0.29, 0.717) is 5.92 Å². The highest BCUT2D eigenvalue weighted by Gasteiger charge is 2.29. The maximum atomic E-state index is 4.29. The van der Waals surface area contributed by atoms with Crippen LogP contribution in [0.4, 0.5) is 0 Å². The Balaban J connectivity index is 0.000000313. The second-order valence-electron chi connectivity index (χ2n) is 8.91. The van der Waals surface area contributed by atoms with Crippen LogP contribution >= 0.6 is 0 Å². The first kappa shape index (κ1) is 26.0. The van der Waals surface area contributed by atoms with Gasteiger partial charge < -0.3 is 0 Å². The van der Waals surface area contributed by atoms with Gasteiger partial charge in [0.25, 0.3) is 0 Å². The van der Waals surface area contributed by atoms with Crippen molar-refractivity contribution in [3.05, 3.63) is 95.1 Å². The van der Waals surface area contributed by atoms with Gasteiger partial charge in [-0.3, -0.25) is 0 Å². The van der Waals surface area contributed by atoms with Crippen LogP contribution < -0.4 is 0 Å². The third-order valence-electron chi connectivity index (χ3n) is 6.38. The average Bonchev–Trinajstić information content (AvgIpc) is 3.22. The molecule has 0 spiro atoms. The van der Waals surface area contributed by atoms with Crippen LogP contribution in [0, 0.1) is 26.7 Å². The van der Waals surface area contributed by atoms with E-state index in [1.807, 2.05) is 6.92 Å². The van der Waals surface area contributed by atoms with Crippen molar-refractivity contribution in [1.82, 2.24) is 0 Å². The van der Waals surface area contributed by atoms with Crippen LogP contribution in [-0.4, -0.2) is 0 Å². The van der Waals surface area contributed by atoms with Crippen molar-refractivity contribution in [3.63, 3.8) is 0 Å². The first-order valence-corrected chi connectivity index (χ1v) is 11.6. The summed E-state index contributed by atoms with van der Waals surface area (Å²) >= 11 is 0. The lowest BCUT2D eigenvalue weighted by atomic mass is 9.82. The zero-order valence-corrected chi connectivity index (χ0v) is 20.6. The van der Waals surface area contributed by atoms with E-state index in [2.05, 4.69) is 97.2 Å². The zero-order chi connectivity index (χ0) is 22.7. The minimum Gasteiger partial charge on any atom is -0.103 e. The highest BCUT2D eigenvalue weighted by molar-refractivity contribution is 5.32. The number of hydrogen-bond donors (Lipinski definition) is 0. The van der Waals surface area contributed by atoms with Gasteiger partial charge in [0.1, 0.15) is 0 Å². The summed E-state index contributed by atoms with van der Waals surface area (Å²) in [6.45, 7) is 22.8. The molecule has 0 heterocycles. The highest BCUT2D eigenvalue weighted by atomic mass is 14.3. The van der Waals surface area contributed by atoms with Crippen molar-refractivity contribution >= 4 is 0 Å². The Bertz CT molecular complexity index is 773. The van der Waals surface area contributed by atoms with Crippen molar-refractivity contribution in [1.29, 1.82) is 0 Å². The second-order valence-corrected chi connectivity index (χ2v) is 8.91. The summed E-state index contributed by atoms with van der Waals surface area (Å²) in [6, 6.07) is 15.6. The number of rotatable bonds is 4. The monoisotopic (exact) mass is 404 g/mol. The SMILES string of the molecule is C=C(CC)C1CCCC1c1cccc(C(C)C)c1.C=CC.Cc1cccc(C)c1C. The van der Waals surface area contributed by atoms with E-state index < -0.39 is 0 Å². The van der Waals surface area contributed by atoms with Crippen LogP contribution in [0.1, 0.15) is 93.0 Å². The van der Waals surface area contributed by atoms with E-state index in [0.717, 1.165) is 18.3 Å². The molecule has 2 aromatic carbocycles. The van der Waals surface area contributed by atoms with E-state index >= 15 is 0 Å². The smallest absolute Gasteiger partial charge is 0.00963 e. The number of aryl methyl sites for hydroxylation is 2. The van der Waals surface area contributed by atoms with E-state index in [1.165, 1.54) is 47.1 Å². The van der Waals surface area contributed by atoms with Gasteiger partial charge in [0.2, 0.25) is 0 Å². The number of benzene rings is 2. The molecule has 0 nitrogen and oxygen atoms in total. The van der Waals surface area contributed by atoms with Crippen molar-refractivity contribution in [2.24, 2.45) is 5.92 Å². The van der Waals surface area contributed by atoms with Crippen molar-refractivity contribution in [3.8, 4) is 0 Å². The van der Waals surface area contributed by atoms with Crippen LogP contribution in [0.2, 0.25) is 0 Å². The molecule has 0 bridgehead atoms. The second kappa shape index (κ2) is 13.3. The molecule has 0 saturated heterocycles. The van der Waals surface area contributed by atoms with Crippen LogP contribution in [0.3, 0.4) is 0 Å². The highest BCUT2D eigenvalue weighted by Crippen LogP contribution is 2.44. The van der Waals surface area contributed by atoms with Gasteiger partial charge in [-0.1, -0.05) is 87.9 Å². The third kappa shape index (κ3) is 7.63. The third-order valence-corrected chi connectivity index (χ3v) is 6.38. The molecule has 2 aromatic rings. The van der Waals surface area contributed by atoms with Gasteiger partial charge >= 0.3 is 0 Å². The Kier molecular flexibility index (Phi) is 11.5. The Morgan fingerprint density at radius 1 is 1.03 bits per heavy atom. The summed E-state index contributed by atoms with van der Waals surface area (Å²) in [4.78, 5) is 0. The molecule has 0 radical (unpaired) electrons. The maximum absolute atomic E-state index is 4.29. The summed E-state index contributed by atoms with van der Waals surface area (Å²) in [5, 5.41) is 0. The average molecular weight is 405 g/mol. The summed E-state index contributed by atoms with van der Waals surface area (Å²) in [6.07, 6.45) is 6.92. The fourth-order valence-corrected chi connectivity index (χ4v) is 4.16.